The molecule has 0 bridgehead atoms. The number of anilines is 1. The van der Waals surface area contributed by atoms with E-state index in [0.717, 1.165) is 0 Å². The second kappa shape index (κ2) is 9.21. The minimum Gasteiger partial charge on any atom is -0.344 e. The SMILES string of the molecule is Cc1cc(NC(=O)c2c(C)c(C(=O)C(=O)NC3(c4noc(C(F)F)n4)CCC3)n(C)c2C)cnc1F. The number of carbonyl (C=O) groups excluding carboxylic acids is 3. The molecule has 3 aromatic heterocycles. The summed E-state index contributed by atoms with van der Waals surface area (Å²) < 4.78 is 45.2. The lowest BCUT2D eigenvalue weighted by molar-refractivity contribution is -0.120. The summed E-state index contributed by atoms with van der Waals surface area (Å²) >= 11 is 0. The number of alkyl halides is 2. The number of nitrogens with zero attached hydrogens (tertiary/aromatic N) is 4. The average molecular weight is 504 g/mol. The predicted molar refractivity (Wildman–Crippen MR) is 119 cm³/mol. The van der Waals surface area contributed by atoms with E-state index >= 15 is 0 Å². The molecule has 190 valence electrons. The molecule has 4 rings (SSSR count). The van der Waals surface area contributed by atoms with Crippen LogP contribution < -0.4 is 10.6 Å². The van der Waals surface area contributed by atoms with Crippen LogP contribution in [0.3, 0.4) is 0 Å². The van der Waals surface area contributed by atoms with Gasteiger partial charge in [-0.2, -0.15) is 18.2 Å². The van der Waals surface area contributed by atoms with Gasteiger partial charge in [-0.15, -0.1) is 0 Å². The second-order valence-electron chi connectivity index (χ2n) is 8.75. The topological polar surface area (TPSA) is 132 Å². The maximum absolute atomic E-state index is 13.5. The summed E-state index contributed by atoms with van der Waals surface area (Å²) in [7, 11) is 1.54. The van der Waals surface area contributed by atoms with Gasteiger partial charge in [-0.05, 0) is 51.7 Å². The smallest absolute Gasteiger partial charge is 0.315 e. The van der Waals surface area contributed by atoms with E-state index < -0.39 is 41.4 Å². The van der Waals surface area contributed by atoms with Gasteiger partial charge in [-0.25, -0.2) is 4.98 Å². The molecule has 1 saturated carbocycles. The summed E-state index contributed by atoms with van der Waals surface area (Å²) in [6, 6.07) is 1.42. The lowest BCUT2D eigenvalue weighted by Crippen LogP contribution is -2.53. The fraction of sp³-hybridized carbons (Fsp3) is 0.391. The third kappa shape index (κ3) is 4.25. The van der Waals surface area contributed by atoms with Crippen molar-refractivity contribution < 1.29 is 32.1 Å². The van der Waals surface area contributed by atoms with Crippen molar-refractivity contribution in [1.29, 1.82) is 0 Å². The highest BCUT2D eigenvalue weighted by atomic mass is 19.3. The van der Waals surface area contributed by atoms with E-state index in [2.05, 4.69) is 30.3 Å². The highest BCUT2D eigenvalue weighted by Gasteiger charge is 2.46. The normalized spacial score (nSPS) is 14.4. The molecule has 10 nitrogen and oxygen atoms in total. The Hall–Kier alpha value is -4.03. The van der Waals surface area contributed by atoms with E-state index in [-0.39, 0.29) is 33.9 Å². The number of Topliss-reactive ketones (excluding diaryl/α,β-unsaturated/α-hetero) is 1. The number of aromatic nitrogens is 4. The average Bonchev–Trinajstić information content (AvgIpc) is 3.37. The Morgan fingerprint density at radius 2 is 1.89 bits per heavy atom. The van der Waals surface area contributed by atoms with E-state index in [4.69, 9.17) is 0 Å². The van der Waals surface area contributed by atoms with E-state index in [1.54, 1.807) is 6.92 Å². The molecule has 13 heteroatoms. The summed E-state index contributed by atoms with van der Waals surface area (Å²) in [5, 5.41) is 8.77. The second-order valence-corrected chi connectivity index (χ2v) is 8.75. The van der Waals surface area contributed by atoms with Crippen LogP contribution >= 0.6 is 0 Å². The summed E-state index contributed by atoms with van der Waals surface area (Å²) in [4.78, 5) is 46.4. The summed E-state index contributed by atoms with van der Waals surface area (Å²) in [5.74, 6) is -4.11. The number of aryl methyl sites for hydroxylation is 1. The molecule has 0 radical (unpaired) electrons. The van der Waals surface area contributed by atoms with Crippen molar-refractivity contribution in [2.24, 2.45) is 7.05 Å². The van der Waals surface area contributed by atoms with E-state index in [9.17, 15) is 27.6 Å². The van der Waals surface area contributed by atoms with E-state index in [0.29, 0.717) is 25.0 Å². The standard InChI is InChI=1S/C23H23F3N6O4/c1-10-8-13(9-27-18(10)26)28-19(34)14-11(2)15(32(4)12(14)3)16(33)20(35)30-23(6-5-7-23)22-29-21(17(24)25)36-31-22/h8-9,17H,5-7H2,1-4H3,(H,28,34)(H,30,35). The first kappa shape index (κ1) is 25.1. The Kier molecular flexibility index (Phi) is 6.41. The van der Waals surface area contributed by atoms with Gasteiger partial charge >= 0.3 is 6.43 Å². The molecule has 2 N–H and O–H groups in total. The molecule has 1 aliphatic carbocycles. The Morgan fingerprint density at radius 3 is 2.44 bits per heavy atom. The highest BCUT2D eigenvalue weighted by Crippen LogP contribution is 2.40. The Morgan fingerprint density at radius 1 is 1.19 bits per heavy atom. The maximum atomic E-state index is 13.5. The van der Waals surface area contributed by atoms with Crippen molar-refractivity contribution in [2.45, 2.75) is 52.0 Å². The van der Waals surface area contributed by atoms with Crippen LogP contribution in [0.5, 0.6) is 0 Å². The lowest BCUT2D eigenvalue weighted by atomic mass is 9.76. The molecule has 1 aliphatic rings. The molecule has 2 amide bonds. The first-order chi connectivity index (χ1) is 16.9. The van der Waals surface area contributed by atoms with Gasteiger partial charge in [-0.3, -0.25) is 14.4 Å². The third-order valence-electron chi connectivity index (χ3n) is 6.47. The van der Waals surface area contributed by atoms with Crippen molar-refractivity contribution in [3.05, 3.63) is 58.0 Å². The fourth-order valence-electron chi connectivity index (χ4n) is 4.29. The minimum atomic E-state index is -2.96. The van der Waals surface area contributed by atoms with Crippen molar-refractivity contribution in [1.82, 2.24) is 25.0 Å². The van der Waals surface area contributed by atoms with Crippen LogP contribution in [0.1, 0.15) is 75.1 Å². The van der Waals surface area contributed by atoms with Crippen LogP contribution in [0.25, 0.3) is 0 Å². The fourth-order valence-corrected chi connectivity index (χ4v) is 4.29. The predicted octanol–water partition coefficient (Wildman–Crippen LogP) is 3.44. The number of rotatable bonds is 7. The van der Waals surface area contributed by atoms with Crippen LogP contribution in [0, 0.1) is 26.7 Å². The van der Waals surface area contributed by atoms with Gasteiger partial charge in [0.2, 0.25) is 5.95 Å². The third-order valence-corrected chi connectivity index (χ3v) is 6.47. The quantitative estimate of drug-likeness (QED) is 0.286. The summed E-state index contributed by atoms with van der Waals surface area (Å²) in [6.07, 6.45) is -0.440. The number of ketones is 1. The molecule has 0 atom stereocenters. The van der Waals surface area contributed by atoms with Gasteiger partial charge in [0, 0.05) is 18.3 Å². The van der Waals surface area contributed by atoms with Crippen LogP contribution in [0.2, 0.25) is 0 Å². The lowest BCUT2D eigenvalue weighted by Gasteiger charge is -2.39. The van der Waals surface area contributed by atoms with E-state index in [1.165, 1.54) is 37.7 Å². The van der Waals surface area contributed by atoms with Gasteiger partial charge in [0.05, 0.1) is 23.1 Å². The van der Waals surface area contributed by atoms with Crippen molar-refractivity contribution in [2.75, 3.05) is 5.32 Å². The number of hydrogen-bond acceptors (Lipinski definition) is 7. The van der Waals surface area contributed by atoms with Gasteiger partial charge < -0.3 is 19.7 Å². The molecule has 0 saturated heterocycles. The van der Waals surface area contributed by atoms with Gasteiger partial charge in [-0.1, -0.05) is 5.16 Å². The van der Waals surface area contributed by atoms with Crippen LogP contribution in [0.15, 0.2) is 16.8 Å². The van der Waals surface area contributed by atoms with Gasteiger partial charge in [0.1, 0.15) is 5.54 Å². The van der Waals surface area contributed by atoms with Gasteiger partial charge in [0.25, 0.3) is 23.5 Å². The van der Waals surface area contributed by atoms with Crippen molar-refractivity contribution in [3.63, 3.8) is 0 Å². The molecular weight excluding hydrogens is 481 g/mol. The molecule has 1 fully saturated rings. The summed E-state index contributed by atoms with van der Waals surface area (Å²) in [5.41, 5.74) is 0.169. The monoisotopic (exact) mass is 504 g/mol. The number of nitrogens with one attached hydrogen (secondary N) is 2. The minimum absolute atomic E-state index is 0.0144. The Balaban J connectivity index is 1.58. The maximum Gasteiger partial charge on any atom is 0.315 e. The Bertz CT molecular complexity index is 1380. The molecular formula is C23H23F3N6O4. The van der Waals surface area contributed by atoms with Crippen LogP contribution in [-0.2, 0) is 17.4 Å². The highest BCUT2D eigenvalue weighted by molar-refractivity contribution is 6.43. The zero-order valence-corrected chi connectivity index (χ0v) is 19.9. The van der Waals surface area contributed by atoms with Crippen molar-refractivity contribution in [3.8, 4) is 0 Å². The zero-order valence-electron chi connectivity index (χ0n) is 19.9. The molecule has 3 heterocycles. The number of amides is 2. The largest absolute Gasteiger partial charge is 0.344 e. The van der Waals surface area contributed by atoms with Crippen LogP contribution in [-0.4, -0.2) is 37.3 Å². The molecule has 3 aromatic rings. The molecule has 0 unspecified atom stereocenters. The number of halogens is 3. The first-order valence-corrected chi connectivity index (χ1v) is 11.0. The Labute approximate surface area is 203 Å². The van der Waals surface area contributed by atoms with Crippen LogP contribution in [0.4, 0.5) is 18.9 Å². The molecule has 0 spiro atoms. The first-order valence-electron chi connectivity index (χ1n) is 11.0. The summed E-state index contributed by atoms with van der Waals surface area (Å²) in [6.45, 7) is 4.65. The molecule has 0 aromatic carbocycles. The van der Waals surface area contributed by atoms with Crippen molar-refractivity contribution >= 4 is 23.3 Å². The number of carbonyl (C=O) groups is 3. The van der Waals surface area contributed by atoms with E-state index in [1.807, 2.05) is 0 Å². The van der Waals surface area contributed by atoms with Gasteiger partial charge in [0.15, 0.2) is 5.82 Å². The molecule has 36 heavy (non-hydrogen) atoms. The molecule has 0 aliphatic heterocycles. The number of pyridine rings is 1. The zero-order chi connectivity index (χ0) is 26.4. The number of hydrogen-bond donors (Lipinski definition) is 2.